The molecule has 0 bridgehead atoms. The van der Waals surface area contributed by atoms with Crippen LogP contribution >= 0.6 is 0 Å². The number of hydrogen-bond acceptors (Lipinski definition) is 1. The molecule has 0 radical (unpaired) electrons. The van der Waals surface area contributed by atoms with Crippen LogP contribution < -0.4 is 0 Å². The Bertz CT molecular complexity index is 476. The highest BCUT2D eigenvalue weighted by molar-refractivity contribution is 5.20. The SMILES string of the molecule is COCCC1C(C2CCCCC2)=CC(C2CCCCC2)CC1C1CCCCC1. The summed E-state index contributed by atoms with van der Waals surface area (Å²) >= 11 is 0. The normalized spacial score (nSPS) is 34.3. The first-order valence-corrected chi connectivity index (χ1v) is 13.1. The molecule has 3 saturated carbocycles. The van der Waals surface area contributed by atoms with Gasteiger partial charge in [-0.15, -0.1) is 0 Å². The summed E-state index contributed by atoms with van der Waals surface area (Å²) in [6.07, 6.45) is 28.1. The average molecular weight is 387 g/mol. The third kappa shape index (κ3) is 5.05. The minimum atomic E-state index is 0.839. The van der Waals surface area contributed by atoms with Crippen molar-refractivity contribution in [3.63, 3.8) is 0 Å². The molecule has 4 aliphatic rings. The van der Waals surface area contributed by atoms with E-state index in [0.29, 0.717) is 0 Å². The molecule has 0 amide bonds. The molecular formula is C27H46O. The van der Waals surface area contributed by atoms with Crippen molar-refractivity contribution in [3.8, 4) is 0 Å². The van der Waals surface area contributed by atoms with Crippen LogP contribution in [0, 0.1) is 35.5 Å². The van der Waals surface area contributed by atoms with Crippen LogP contribution in [0.2, 0.25) is 0 Å². The minimum absolute atomic E-state index is 0.839. The highest BCUT2D eigenvalue weighted by atomic mass is 16.5. The molecular weight excluding hydrogens is 340 g/mol. The number of allylic oxidation sites excluding steroid dienone is 2. The topological polar surface area (TPSA) is 9.23 Å². The molecule has 28 heavy (non-hydrogen) atoms. The lowest BCUT2D eigenvalue weighted by atomic mass is 9.59. The Morgan fingerprint density at radius 3 is 1.93 bits per heavy atom. The summed E-state index contributed by atoms with van der Waals surface area (Å²) in [5.74, 6) is 5.63. The van der Waals surface area contributed by atoms with Crippen LogP contribution in [0.4, 0.5) is 0 Å². The van der Waals surface area contributed by atoms with Gasteiger partial charge in [-0.25, -0.2) is 0 Å². The van der Waals surface area contributed by atoms with Gasteiger partial charge in [-0.3, -0.25) is 0 Å². The van der Waals surface area contributed by atoms with Crippen molar-refractivity contribution in [2.24, 2.45) is 35.5 Å². The number of hydrogen-bond donors (Lipinski definition) is 0. The molecule has 0 aliphatic heterocycles. The van der Waals surface area contributed by atoms with Crippen molar-refractivity contribution in [3.05, 3.63) is 11.6 Å². The Morgan fingerprint density at radius 2 is 1.32 bits per heavy atom. The van der Waals surface area contributed by atoms with E-state index in [2.05, 4.69) is 6.08 Å². The lowest BCUT2D eigenvalue weighted by Gasteiger charge is -2.46. The second-order valence-electron chi connectivity index (χ2n) is 10.7. The zero-order chi connectivity index (χ0) is 19.2. The summed E-state index contributed by atoms with van der Waals surface area (Å²) in [6, 6.07) is 0. The summed E-state index contributed by atoms with van der Waals surface area (Å²) in [7, 11) is 1.91. The molecule has 0 saturated heterocycles. The van der Waals surface area contributed by atoms with Crippen LogP contribution in [0.3, 0.4) is 0 Å². The summed E-state index contributed by atoms with van der Waals surface area (Å²) < 4.78 is 5.63. The lowest BCUT2D eigenvalue weighted by Crippen LogP contribution is -2.37. The van der Waals surface area contributed by atoms with E-state index >= 15 is 0 Å². The van der Waals surface area contributed by atoms with Gasteiger partial charge in [0, 0.05) is 13.7 Å². The van der Waals surface area contributed by atoms with E-state index in [0.717, 1.165) is 42.1 Å². The zero-order valence-corrected chi connectivity index (χ0v) is 18.7. The molecule has 1 nitrogen and oxygen atoms in total. The first-order valence-electron chi connectivity index (χ1n) is 13.1. The predicted octanol–water partition coefficient (Wildman–Crippen LogP) is 7.94. The molecule has 0 aromatic rings. The minimum Gasteiger partial charge on any atom is -0.385 e. The fraction of sp³-hybridized carbons (Fsp3) is 0.926. The molecule has 1 heteroatoms. The van der Waals surface area contributed by atoms with Crippen molar-refractivity contribution < 1.29 is 4.74 Å². The molecule has 3 atom stereocenters. The predicted molar refractivity (Wildman–Crippen MR) is 119 cm³/mol. The summed E-state index contributed by atoms with van der Waals surface area (Å²) in [6.45, 7) is 0.964. The second kappa shape index (κ2) is 10.6. The van der Waals surface area contributed by atoms with E-state index in [4.69, 9.17) is 4.74 Å². The maximum Gasteiger partial charge on any atom is 0.0468 e. The average Bonchev–Trinajstić information content (AvgIpc) is 2.79. The van der Waals surface area contributed by atoms with Crippen molar-refractivity contribution in [1.29, 1.82) is 0 Å². The van der Waals surface area contributed by atoms with Crippen molar-refractivity contribution >= 4 is 0 Å². The van der Waals surface area contributed by atoms with E-state index < -0.39 is 0 Å². The molecule has 160 valence electrons. The fourth-order valence-electron chi connectivity index (χ4n) is 7.64. The number of rotatable bonds is 6. The molecule has 4 aliphatic carbocycles. The molecule has 3 fully saturated rings. The van der Waals surface area contributed by atoms with Crippen molar-refractivity contribution in [2.75, 3.05) is 13.7 Å². The zero-order valence-electron chi connectivity index (χ0n) is 18.7. The number of methoxy groups -OCH3 is 1. The lowest BCUT2D eigenvalue weighted by molar-refractivity contribution is 0.0941. The summed E-state index contributed by atoms with van der Waals surface area (Å²) in [5.41, 5.74) is 1.94. The van der Waals surface area contributed by atoms with Crippen LogP contribution in [-0.4, -0.2) is 13.7 Å². The van der Waals surface area contributed by atoms with Gasteiger partial charge >= 0.3 is 0 Å². The van der Waals surface area contributed by atoms with Crippen LogP contribution in [0.25, 0.3) is 0 Å². The van der Waals surface area contributed by atoms with E-state index in [1.54, 1.807) is 0 Å². The Balaban J connectivity index is 1.60. The van der Waals surface area contributed by atoms with Gasteiger partial charge in [0.05, 0.1) is 0 Å². The molecule has 0 spiro atoms. The van der Waals surface area contributed by atoms with E-state index in [-0.39, 0.29) is 0 Å². The Morgan fingerprint density at radius 1 is 0.750 bits per heavy atom. The van der Waals surface area contributed by atoms with Gasteiger partial charge in [0.25, 0.3) is 0 Å². The van der Waals surface area contributed by atoms with E-state index in [9.17, 15) is 0 Å². The number of ether oxygens (including phenoxy) is 1. The first kappa shape index (κ1) is 21.0. The smallest absolute Gasteiger partial charge is 0.0468 e. The Hall–Kier alpha value is -0.300. The summed E-state index contributed by atoms with van der Waals surface area (Å²) in [5, 5.41) is 0. The molecule has 3 unspecified atom stereocenters. The van der Waals surface area contributed by atoms with Gasteiger partial charge in [-0.2, -0.15) is 0 Å². The molecule has 4 rings (SSSR count). The maximum atomic E-state index is 5.63. The van der Waals surface area contributed by atoms with Crippen LogP contribution in [0.15, 0.2) is 11.6 Å². The van der Waals surface area contributed by atoms with Crippen LogP contribution in [-0.2, 0) is 4.74 Å². The highest BCUT2D eigenvalue weighted by Crippen LogP contribution is 2.51. The van der Waals surface area contributed by atoms with Gasteiger partial charge in [-0.05, 0) is 74.0 Å². The molecule has 0 aromatic heterocycles. The largest absolute Gasteiger partial charge is 0.385 e. The quantitative estimate of drug-likeness (QED) is 0.421. The van der Waals surface area contributed by atoms with Crippen LogP contribution in [0.5, 0.6) is 0 Å². The third-order valence-corrected chi connectivity index (χ3v) is 9.12. The van der Waals surface area contributed by atoms with Crippen molar-refractivity contribution in [1.82, 2.24) is 0 Å². The molecule has 0 aromatic carbocycles. The van der Waals surface area contributed by atoms with Gasteiger partial charge in [0.15, 0.2) is 0 Å². The first-order chi connectivity index (χ1) is 13.9. The molecule has 0 heterocycles. The van der Waals surface area contributed by atoms with E-state index in [1.807, 2.05) is 12.7 Å². The van der Waals surface area contributed by atoms with Gasteiger partial charge < -0.3 is 4.74 Å². The monoisotopic (exact) mass is 386 g/mol. The van der Waals surface area contributed by atoms with Gasteiger partial charge in [0.2, 0.25) is 0 Å². The standard InChI is InChI=1S/C27H46O/c1-28-18-17-25-26(22-13-7-3-8-14-22)19-24(21-11-5-2-6-12-21)20-27(25)23-15-9-4-10-16-23/h19,21-25,27H,2-18,20H2,1H3. The third-order valence-electron chi connectivity index (χ3n) is 9.12. The maximum absolute atomic E-state index is 5.63. The summed E-state index contributed by atoms with van der Waals surface area (Å²) in [4.78, 5) is 0. The Kier molecular flexibility index (Phi) is 7.97. The molecule has 0 N–H and O–H groups in total. The van der Waals surface area contributed by atoms with Gasteiger partial charge in [-0.1, -0.05) is 82.3 Å². The van der Waals surface area contributed by atoms with Crippen molar-refractivity contribution in [2.45, 2.75) is 109 Å². The van der Waals surface area contributed by atoms with E-state index in [1.165, 1.54) is 109 Å². The van der Waals surface area contributed by atoms with Crippen LogP contribution in [0.1, 0.15) is 109 Å². The van der Waals surface area contributed by atoms with Gasteiger partial charge in [0.1, 0.15) is 0 Å². The Labute approximate surface area is 175 Å². The highest BCUT2D eigenvalue weighted by Gasteiger charge is 2.41. The fourth-order valence-corrected chi connectivity index (χ4v) is 7.64. The second-order valence-corrected chi connectivity index (χ2v) is 10.7.